The Kier molecular flexibility index (Phi) is 2.16. The van der Waals surface area contributed by atoms with Gasteiger partial charge in [0.15, 0.2) is 0 Å². The van der Waals surface area contributed by atoms with E-state index in [-0.39, 0.29) is 0 Å². The lowest BCUT2D eigenvalue weighted by Crippen LogP contribution is -1.97. The van der Waals surface area contributed by atoms with Crippen LogP contribution in [0.3, 0.4) is 0 Å². The maximum Gasteiger partial charge on any atom is 0.113 e. The number of rotatable bonds is 1. The SMILES string of the molecule is c1ccc2c(c1)nnn2-c1cccc2c1[nH]c1cnccc12. The molecule has 0 saturated carbocycles. The van der Waals surface area contributed by atoms with Gasteiger partial charge in [0.25, 0.3) is 0 Å². The highest BCUT2D eigenvalue weighted by Gasteiger charge is 2.12. The van der Waals surface area contributed by atoms with Gasteiger partial charge in [-0.15, -0.1) is 5.10 Å². The second-order valence-electron chi connectivity index (χ2n) is 5.24. The molecule has 5 aromatic rings. The summed E-state index contributed by atoms with van der Waals surface area (Å²) >= 11 is 0. The molecule has 0 aliphatic heterocycles. The van der Waals surface area contributed by atoms with Crippen molar-refractivity contribution < 1.29 is 0 Å². The number of aromatic nitrogens is 5. The topological polar surface area (TPSA) is 59.4 Å². The second-order valence-corrected chi connectivity index (χ2v) is 5.24. The van der Waals surface area contributed by atoms with Gasteiger partial charge in [-0.05, 0) is 24.3 Å². The molecule has 2 aromatic carbocycles. The Bertz CT molecular complexity index is 1140. The molecule has 1 N–H and O–H groups in total. The molecule has 0 atom stereocenters. The molecule has 3 heterocycles. The van der Waals surface area contributed by atoms with Gasteiger partial charge < -0.3 is 4.98 Å². The van der Waals surface area contributed by atoms with Crippen LogP contribution in [-0.4, -0.2) is 25.0 Å². The highest BCUT2D eigenvalue weighted by molar-refractivity contribution is 6.09. The smallest absolute Gasteiger partial charge is 0.113 e. The molecule has 0 aliphatic carbocycles. The maximum absolute atomic E-state index is 4.32. The Hall–Kier alpha value is -3.21. The molecule has 5 heteroatoms. The Balaban J connectivity index is 1.92. The van der Waals surface area contributed by atoms with Crippen molar-refractivity contribution in [2.24, 2.45) is 0 Å². The molecule has 0 bridgehead atoms. The van der Waals surface area contributed by atoms with Crippen LogP contribution in [0.25, 0.3) is 38.5 Å². The molecule has 5 rings (SSSR count). The predicted molar refractivity (Wildman–Crippen MR) is 86.0 cm³/mol. The zero-order valence-electron chi connectivity index (χ0n) is 11.6. The van der Waals surface area contributed by atoms with E-state index in [1.165, 1.54) is 0 Å². The Morgan fingerprint density at radius 3 is 2.86 bits per heavy atom. The van der Waals surface area contributed by atoms with E-state index in [1.807, 2.05) is 59.5 Å². The lowest BCUT2D eigenvalue weighted by Gasteiger charge is -2.03. The minimum Gasteiger partial charge on any atom is -0.351 e. The number of hydrogen-bond acceptors (Lipinski definition) is 3. The third-order valence-electron chi connectivity index (χ3n) is 3.99. The van der Waals surface area contributed by atoms with Gasteiger partial charge in [-0.25, -0.2) is 4.68 Å². The van der Waals surface area contributed by atoms with Crippen molar-refractivity contribution in [1.82, 2.24) is 25.0 Å². The third kappa shape index (κ3) is 1.45. The number of H-pyrrole nitrogens is 1. The fourth-order valence-electron chi connectivity index (χ4n) is 2.98. The Morgan fingerprint density at radius 2 is 1.86 bits per heavy atom. The number of nitrogens with one attached hydrogen (secondary N) is 1. The maximum atomic E-state index is 4.32. The molecular formula is C17H11N5. The van der Waals surface area contributed by atoms with Crippen molar-refractivity contribution in [3.05, 3.63) is 60.9 Å². The van der Waals surface area contributed by atoms with Gasteiger partial charge in [0.1, 0.15) is 5.52 Å². The first-order valence-electron chi connectivity index (χ1n) is 7.07. The summed E-state index contributed by atoms with van der Waals surface area (Å²) in [6.07, 6.45) is 3.66. The van der Waals surface area contributed by atoms with E-state index in [1.54, 1.807) is 0 Å². The number of fused-ring (bicyclic) bond motifs is 4. The van der Waals surface area contributed by atoms with Crippen molar-refractivity contribution in [1.29, 1.82) is 0 Å². The number of aromatic amines is 1. The van der Waals surface area contributed by atoms with E-state index in [4.69, 9.17) is 0 Å². The first-order chi connectivity index (χ1) is 10.9. The van der Waals surface area contributed by atoms with Crippen LogP contribution in [0.1, 0.15) is 0 Å². The Labute approximate surface area is 125 Å². The summed E-state index contributed by atoms with van der Waals surface area (Å²) in [7, 11) is 0. The molecule has 0 saturated heterocycles. The van der Waals surface area contributed by atoms with Crippen LogP contribution < -0.4 is 0 Å². The molecule has 0 radical (unpaired) electrons. The molecule has 5 nitrogen and oxygen atoms in total. The number of hydrogen-bond donors (Lipinski definition) is 1. The van der Waals surface area contributed by atoms with E-state index in [2.05, 4.69) is 26.3 Å². The van der Waals surface area contributed by atoms with Gasteiger partial charge >= 0.3 is 0 Å². The number of para-hydroxylation sites is 2. The van der Waals surface area contributed by atoms with Crippen molar-refractivity contribution in [3.63, 3.8) is 0 Å². The fourth-order valence-corrected chi connectivity index (χ4v) is 2.98. The molecule has 0 aliphatic rings. The van der Waals surface area contributed by atoms with Crippen LogP contribution in [0.5, 0.6) is 0 Å². The van der Waals surface area contributed by atoms with Crippen molar-refractivity contribution in [2.45, 2.75) is 0 Å². The van der Waals surface area contributed by atoms with Gasteiger partial charge in [-0.2, -0.15) is 0 Å². The largest absolute Gasteiger partial charge is 0.351 e. The van der Waals surface area contributed by atoms with E-state index < -0.39 is 0 Å². The first-order valence-corrected chi connectivity index (χ1v) is 7.07. The Morgan fingerprint density at radius 1 is 0.909 bits per heavy atom. The number of benzene rings is 2. The van der Waals surface area contributed by atoms with Gasteiger partial charge in [0, 0.05) is 17.0 Å². The number of pyridine rings is 1. The molecular weight excluding hydrogens is 274 g/mol. The summed E-state index contributed by atoms with van der Waals surface area (Å²) in [5.74, 6) is 0. The predicted octanol–water partition coefficient (Wildman–Crippen LogP) is 3.45. The van der Waals surface area contributed by atoms with Crippen LogP contribution in [-0.2, 0) is 0 Å². The molecule has 104 valence electrons. The van der Waals surface area contributed by atoms with E-state index in [0.29, 0.717) is 0 Å². The molecule has 3 aromatic heterocycles. The van der Waals surface area contributed by atoms with Crippen LogP contribution in [0.4, 0.5) is 0 Å². The quantitative estimate of drug-likeness (QED) is 0.513. The lowest BCUT2D eigenvalue weighted by molar-refractivity contribution is 0.828. The second kappa shape index (κ2) is 4.14. The molecule has 22 heavy (non-hydrogen) atoms. The summed E-state index contributed by atoms with van der Waals surface area (Å²) in [4.78, 5) is 7.63. The fraction of sp³-hybridized carbons (Fsp3) is 0. The molecule has 0 fully saturated rings. The average molecular weight is 285 g/mol. The highest BCUT2D eigenvalue weighted by Crippen LogP contribution is 2.29. The highest BCUT2D eigenvalue weighted by atomic mass is 15.4. The van der Waals surface area contributed by atoms with Gasteiger partial charge in [-0.1, -0.05) is 29.5 Å². The van der Waals surface area contributed by atoms with Gasteiger partial charge in [-0.3, -0.25) is 4.98 Å². The van der Waals surface area contributed by atoms with Crippen molar-refractivity contribution in [3.8, 4) is 5.69 Å². The van der Waals surface area contributed by atoms with E-state index in [0.717, 1.165) is 38.5 Å². The van der Waals surface area contributed by atoms with E-state index >= 15 is 0 Å². The number of nitrogens with zero attached hydrogens (tertiary/aromatic N) is 4. The van der Waals surface area contributed by atoms with Crippen molar-refractivity contribution >= 4 is 32.8 Å². The lowest BCUT2D eigenvalue weighted by atomic mass is 10.1. The summed E-state index contributed by atoms with van der Waals surface area (Å²) in [5.41, 5.74) is 4.93. The van der Waals surface area contributed by atoms with Gasteiger partial charge in [0.2, 0.25) is 0 Å². The molecule has 0 spiro atoms. The van der Waals surface area contributed by atoms with Crippen LogP contribution in [0.2, 0.25) is 0 Å². The summed E-state index contributed by atoms with van der Waals surface area (Å²) in [6.45, 7) is 0. The van der Waals surface area contributed by atoms with Crippen LogP contribution in [0, 0.1) is 0 Å². The molecule has 0 unspecified atom stereocenters. The minimum atomic E-state index is 0.886. The monoisotopic (exact) mass is 285 g/mol. The summed E-state index contributed by atoms with van der Waals surface area (Å²) < 4.78 is 1.88. The normalized spacial score (nSPS) is 11.6. The zero-order valence-corrected chi connectivity index (χ0v) is 11.6. The average Bonchev–Trinajstić information content (AvgIpc) is 3.16. The zero-order chi connectivity index (χ0) is 14.5. The van der Waals surface area contributed by atoms with Crippen LogP contribution in [0.15, 0.2) is 60.9 Å². The molecule has 0 amide bonds. The minimum absolute atomic E-state index is 0.886. The summed E-state index contributed by atoms with van der Waals surface area (Å²) in [6, 6.07) is 16.2. The third-order valence-corrected chi connectivity index (χ3v) is 3.99. The standard InChI is InChI=1S/C17H11N5/c1-2-6-15-13(5-1)20-21-22(15)16-7-3-4-12-11-8-9-18-10-14(11)19-17(12)16/h1-10,19H. The van der Waals surface area contributed by atoms with Crippen molar-refractivity contribution in [2.75, 3.05) is 0 Å². The summed E-state index contributed by atoms with van der Waals surface area (Å²) in [5, 5.41) is 10.9. The van der Waals surface area contributed by atoms with Gasteiger partial charge in [0.05, 0.1) is 28.4 Å². The van der Waals surface area contributed by atoms with E-state index in [9.17, 15) is 0 Å². The first kappa shape index (κ1) is 11.4. The van der Waals surface area contributed by atoms with Crippen LogP contribution >= 0.6 is 0 Å².